The molecule has 0 saturated heterocycles. The maximum absolute atomic E-state index is 12.7. The van der Waals surface area contributed by atoms with Crippen LogP contribution in [0.4, 0.5) is 0 Å². The molecule has 4 rings (SSSR count). The number of amides is 1. The van der Waals surface area contributed by atoms with Crippen LogP contribution in [-0.4, -0.2) is 28.5 Å². The molecule has 2 atom stereocenters. The van der Waals surface area contributed by atoms with E-state index in [2.05, 4.69) is 33.7 Å². The van der Waals surface area contributed by atoms with E-state index in [0.29, 0.717) is 11.1 Å². The summed E-state index contributed by atoms with van der Waals surface area (Å²) in [6.45, 7) is 1.85. The van der Waals surface area contributed by atoms with Gasteiger partial charge in [0.1, 0.15) is 5.75 Å². The van der Waals surface area contributed by atoms with E-state index in [1.54, 1.807) is 7.11 Å². The first kappa shape index (κ1) is 19.5. The highest BCUT2D eigenvalue weighted by molar-refractivity contribution is 8.00. The molecule has 3 aromatic rings. The van der Waals surface area contributed by atoms with Crippen molar-refractivity contribution in [2.45, 2.75) is 42.7 Å². The molecule has 150 valence electrons. The molecule has 1 aromatic heterocycles. The molecule has 1 aliphatic carbocycles. The maximum atomic E-state index is 12.7. The van der Waals surface area contributed by atoms with Crippen LogP contribution in [0.25, 0.3) is 11.5 Å². The van der Waals surface area contributed by atoms with E-state index in [0.717, 1.165) is 30.6 Å². The van der Waals surface area contributed by atoms with Gasteiger partial charge in [0.05, 0.1) is 18.4 Å². The summed E-state index contributed by atoms with van der Waals surface area (Å²) in [5.74, 6) is 1.15. The number of aromatic nitrogens is 2. The summed E-state index contributed by atoms with van der Waals surface area (Å²) in [6, 6.07) is 15.8. The van der Waals surface area contributed by atoms with Crippen LogP contribution in [-0.2, 0) is 11.2 Å². The number of rotatable bonds is 6. The Kier molecular flexibility index (Phi) is 5.85. The Hall–Kier alpha value is -2.80. The van der Waals surface area contributed by atoms with Gasteiger partial charge in [0.15, 0.2) is 0 Å². The normalized spacial score (nSPS) is 16.7. The lowest BCUT2D eigenvalue weighted by Crippen LogP contribution is -2.35. The number of hydrogen-bond acceptors (Lipinski definition) is 6. The fourth-order valence-corrected chi connectivity index (χ4v) is 4.20. The average Bonchev–Trinajstić information content (AvgIpc) is 3.22. The minimum Gasteiger partial charge on any atom is -0.497 e. The van der Waals surface area contributed by atoms with Crippen LogP contribution in [0.15, 0.2) is 58.2 Å². The molecule has 0 aliphatic heterocycles. The third kappa shape index (κ3) is 4.45. The third-order valence-corrected chi connectivity index (χ3v) is 6.01. The molecule has 0 unspecified atom stereocenters. The molecular formula is C22H23N3O3S. The number of nitrogens with one attached hydrogen (secondary N) is 1. The molecule has 0 fully saturated rings. The second kappa shape index (κ2) is 8.69. The highest BCUT2D eigenvalue weighted by atomic mass is 32.2. The van der Waals surface area contributed by atoms with Gasteiger partial charge in [0.2, 0.25) is 11.8 Å². The second-order valence-corrected chi connectivity index (χ2v) is 8.31. The molecule has 1 heterocycles. The van der Waals surface area contributed by atoms with Crippen molar-refractivity contribution in [3.63, 3.8) is 0 Å². The number of nitrogens with zero attached hydrogens (tertiary/aromatic N) is 2. The standard InChI is InChI=1S/C22H23N3O3S/c1-14(20(26)23-19-9-5-7-15-6-3-4-8-18(15)19)29-22-25-24-21(28-22)16-10-12-17(27-2)13-11-16/h3-4,6,8,10-14,19H,5,7,9H2,1-2H3,(H,23,26)/t14-,19-/m0/s1. The number of fused-ring (bicyclic) bond motifs is 1. The van der Waals surface area contributed by atoms with Gasteiger partial charge in [-0.2, -0.15) is 0 Å². The molecular weight excluding hydrogens is 386 g/mol. The van der Waals surface area contributed by atoms with Crippen molar-refractivity contribution in [2.75, 3.05) is 7.11 Å². The fourth-order valence-electron chi connectivity index (χ4n) is 3.51. The Labute approximate surface area is 174 Å². The largest absolute Gasteiger partial charge is 0.497 e. The zero-order valence-electron chi connectivity index (χ0n) is 16.4. The summed E-state index contributed by atoms with van der Waals surface area (Å²) in [6.07, 6.45) is 3.11. The lowest BCUT2D eigenvalue weighted by atomic mass is 9.88. The van der Waals surface area contributed by atoms with Gasteiger partial charge in [0.25, 0.3) is 5.22 Å². The van der Waals surface area contributed by atoms with Gasteiger partial charge >= 0.3 is 0 Å². The molecule has 1 amide bonds. The van der Waals surface area contributed by atoms with Gasteiger partial charge < -0.3 is 14.5 Å². The number of thioether (sulfide) groups is 1. The molecule has 1 aliphatic rings. The van der Waals surface area contributed by atoms with Crippen molar-refractivity contribution < 1.29 is 13.9 Å². The average molecular weight is 410 g/mol. The monoisotopic (exact) mass is 409 g/mol. The zero-order chi connectivity index (χ0) is 20.2. The van der Waals surface area contributed by atoms with E-state index in [4.69, 9.17) is 9.15 Å². The Morgan fingerprint density at radius 1 is 1.21 bits per heavy atom. The summed E-state index contributed by atoms with van der Waals surface area (Å²) in [7, 11) is 1.62. The van der Waals surface area contributed by atoms with Crippen LogP contribution in [0.3, 0.4) is 0 Å². The molecule has 0 saturated carbocycles. The molecule has 0 radical (unpaired) electrons. The molecule has 6 nitrogen and oxygen atoms in total. The van der Waals surface area contributed by atoms with Crippen molar-refractivity contribution >= 4 is 17.7 Å². The maximum Gasteiger partial charge on any atom is 0.277 e. The van der Waals surface area contributed by atoms with Crippen molar-refractivity contribution in [2.24, 2.45) is 0 Å². The van der Waals surface area contributed by atoms with Crippen LogP contribution in [0.1, 0.15) is 36.9 Å². The first-order valence-corrected chi connectivity index (χ1v) is 10.5. The molecule has 2 aromatic carbocycles. The van der Waals surface area contributed by atoms with E-state index in [9.17, 15) is 4.79 Å². The predicted molar refractivity (Wildman–Crippen MR) is 112 cm³/mol. The van der Waals surface area contributed by atoms with Crippen molar-refractivity contribution in [3.8, 4) is 17.2 Å². The topological polar surface area (TPSA) is 77.2 Å². The highest BCUT2D eigenvalue weighted by Crippen LogP contribution is 2.31. The summed E-state index contributed by atoms with van der Waals surface area (Å²) < 4.78 is 10.9. The number of carbonyl (C=O) groups excluding carboxylic acids is 1. The van der Waals surface area contributed by atoms with Crippen LogP contribution in [0.2, 0.25) is 0 Å². The van der Waals surface area contributed by atoms with E-state index < -0.39 is 0 Å². The van der Waals surface area contributed by atoms with E-state index >= 15 is 0 Å². The third-order valence-electron chi connectivity index (χ3n) is 5.08. The van der Waals surface area contributed by atoms with Crippen LogP contribution >= 0.6 is 11.8 Å². The summed E-state index contributed by atoms with van der Waals surface area (Å²) >= 11 is 1.27. The summed E-state index contributed by atoms with van der Waals surface area (Å²) in [5.41, 5.74) is 3.36. The van der Waals surface area contributed by atoms with Crippen LogP contribution in [0, 0.1) is 0 Å². The number of benzene rings is 2. The zero-order valence-corrected chi connectivity index (χ0v) is 17.2. The predicted octanol–water partition coefficient (Wildman–Crippen LogP) is 4.42. The van der Waals surface area contributed by atoms with Gasteiger partial charge in [0, 0.05) is 5.56 Å². The number of hydrogen-bond donors (Lipinski definition) is 1. The summed E-state index contributed by atoms with van der Waals surface area (Å²) in [5, 5.41) is 11.4. The van der Waals surface area contributed by atoms with E-state index in [-0.39, 0.29) is 17.2 Å². The molecule has 1 N–H and O–H groups in total. The Balaban J connectivity index is 1.39. The van der Waals surface area contributed by atoms with Gasteiger partial charge in [-0.05, 0) is 61.6 Å². The number of aryl methyl sites for hydroxylation is 1. The minimum atomic E-state index is -0.340. The van der Waals surface area contributed by atoms with Crippen molar-refractivity contribution in [1.29, 1.82) is 0 Å². The Morgan fingerprint density at radius 2 is 2.00 bits per heavy atom. The van der Waals surface area contributed by atoms with E-state index in [1.165, 1.54) is 22.9 Å². The molecule has 29 heavy (non-hydrogen) atoms. The number of ether oxygens (including phenoxy) is 1. The van der Waals surface area contributed by atoms with E-state index in [1.807, 2.05) is 37.3 Å². The van der Waals surface area contributed by atoms with Crippen molar-refractivity contribution in [1.82, 2.24) is 15.5 Å². The lowest BCUT2D eigenvalue weighted by Gasteiger charge is -2.27. The Morgan fingerprint density at radius 3 is 2.79 bits per heavy atom. The first-order chi connectivity index (χ1) is 14.1. The smallest absolute Gasteiger partial charge is 0.277 e. The van der Waals surface area contributed by atoms with Gasteiger partial charge in [-0.25, -0.2) is 0 Å². The second-order valence-electron chi connectivity index (χ2n) is 7.01. The van der Waals surface area contributed by atoms with Crippen molar-refractivity contribution in [3.05, 3.63) is 59.7 Å². The highest BCUT2D eigenvalue weighted by Gasteiger charge is 2.25. The molecule has 7 heteroatoms. The fraction of sp³-hybridized carbons (Fsp3) is 0.318. The van der Waals surface area contributed by atoms with Gasteiger partial charge in [-0.3, -0.25) is 4.79 Å². The number of methoxy groups -OCH3 is 1. The summed E-state index contributed by atoms with van der Waals surface area (Å²) in [4.78, 5) is 12.7. The SMILES string of the molecule is COc1ccc(-c2nnc(S[C@@H](C)C(=O)N[C@H]3CCCc4ccccc43)o2)cc1. The molecule has 0 bridgehead atoms. The van der Waals surface area contributed by atoms with Gasteiger partial charge in [-0.15, -0.1) is 10.2 Å². The van der Waals surface area contributed by atoms with Crippen LogP contribution in [0.5, 0.6) is 5.75 Å². The van der Waals surface area contributed by atoms with Gasteiger partial charge in [-0.1, -0.05) is 36.0 Å². The Bertz CT molecular complexity index is 987. The minimum absolute atomic E-state index is 0.0269. The number of carbonyl (C=O) groups is 1. The van der Waals surface area contributed by atoms with Crippen LogP contribution < -0.4 is 10.1 Å². The first-order valence-electron chi connectivity index (χ1n) is 9.67. The lowest BCUT2D eigenvalue weighted by molar-refractivity contribution is -0.121. The molecule has 0 spiro atoms. The quantitative estimate of drug-likeness (QED) is 0.607.